The number of ether oxygens (including phenoxy) is 2. The number of carbonyl (C=O) groups excluding carboxylic acids is 1. The normalized spacial score (nSPS) is 15.7. The van der Waals surface area contributed by atoms with Crippen LogP contribution in [0.25, 0.3) is 0 Å². The molecule has 0 bridgehead atoms. The summed E-state index contributed by atoms with van der Waals surface area (Å²) in [5.41, 5.74) is -0.748. The predicted molar refractivity (Wildman–Crippen MR) is 82.9 cm³/mol. The SMILES string of the molecule is CCCCCCC(C)OCC(C)(NCC)C(=O)OCC. The molecule has 0 radical (unpaired) electrons. The largest absolute Gasteiger partial charge is 0.465 e. The Kier molecular flexibility index (Phi) is 10.8. The van der Waals surface area contributed by atoms with Crippen molar-refractivity contribution in [2.75, 3.05) is 19.8 Å². The Morgan fingerprint density at radius 2 is 1.90 bits per heavy atom. The van der Waals surface area contributed by atoms with Gasteiger partial charge in [-0.25, -0.2) is 4.79 Å². The first-order chi connectivity index (χ1) is 9.50. The van der Waals surface area contributed by atoms with Crippen molar-refractivity contribution in [3.8, 4) is 0 Å². The molecule has 0 aliphatic carbocycles. The molecule has 2 unspecified atom stereocenters. The average molecular weight is 287 g/mol. The molecule has 4 heteroatoms. The number of hydrogen-bond donors (Lipinski definition) is 1. The monoisotopic (exact) mass is 287 g/mol. The van der Waals surface area contributed by atoms with E-state index in [2.05, 4.69) is 19.2 Å². The quantitative estimate of drug-likeness (QED) is 0.442. The Morgan fingerprint density at radius 3 is 2.45 bits per heavy atom. The lowest BCUT2D eigenvalue weighted by atomic mass is 10.0. The second-order valence-electron chi connectivity index (χ2n) is 5.55. The van der Waals surface area contributed by atoms with Crippen LogP contribution in [0.15, 0.2) is 0 Å². The van der Waals surface area contributed by atoms with Crippen LogP contribution in [-0.4, -0.2) is 37.4 Å². The van der Waals surface area contributed by atoms with E-state index in [0.717, 1.165) is 6.42 Å². The number of carbonyl (C=O) groups is 1. The van der Waals surface area contributed by atoms with Gasteiger partial charge in [0.1, 0.15) is 5.54 Å². The van der Waals surface area contributed by atoms with Crippen molar-refractivity contribution in [1.29, 1.82) is 0 Å². The third-order valence-electron chi connectivity index (χ3n) is 3.41. The van der Waals surface area contributed by atoms with Gasteiger partial charge in [0.05, 0.1) is 19.3 Å². The number of unbranched alkanes of at least 4 members (excludes halogenated alkanes) is 3. The Balaban J connectivity index is 4.15. The van der Waals surface area contributed by atoms with Crippen LogP contribution in [0.4, 0.5) is 0 Å². The van der Waals surface area contributed by atoms with Crippen molar-refractivity contribution < 1.29 is 14.3 Å². The average Bonchev–Trinajstić information content (AvgIpc) is 2.42. The van der Waals surface area contributed by atoms with E-state index in [9.17, 15) is 4.79 Å². The molecule has 4 nitrogen and oxygen atoms in total. The topological polar surface area (TPSA) is 47.6 Å². The number of esters is 1. The summed E-state index contributed by atoms with van der Waals surface area (Å²) in [5, 5.41) is 3.18. The van der Waals surface area contributed by atoms with Crippen molar-refractivity contribution in [3.05, 3.63) is 0 Å². The van der Waals surface area contributed by atoms with Gasteiger partial charge in [0, 0.05) is 0 Å². The molecule has 0 fully saturated rings. The zero-order chi connectivity index (χ0) is 15.4. The number of rotatable bonds is 12. The molecule has 0 saturated heterocycles. The van der Waals surface area contributed by atoms with Gasteiger partial charge < -0.3 is 14.8 Å². The number of hydrogen-bond acceptors (Lipinski definition) is 4. The van der Waals surface area contributed by atoms with Crippen molar-refractivity contribution in [2.24, 2.45) is 0 Å². The third kappa shape index (κ3) is 7.85. The molecule has 0 aromatic heterocycles. The second-order valence-corrected chi connectivity index (χ2v) is 5.55. The summed E-state index contributed by atoms with van der Waals surface area (Å²) in [6.07, 6.45) is 6.20. The van der Waals surface area contributed by atoms with Crippen molar-refractivity contribution in [3.63, 3.8) is 0 Å². The summed E-state index contributed by atoms with van der Waals surface area (Å²) in [5.74, 6) is -0.236. The van der Waals surface area contributed by atoms with Gasteiger partial charge >= 0.3 is 5.97 Å². The summed E-state index contributed by atoms with van der Waals surface area (Å²) < 4.78 is 11.0. The number of nitrogens with one attached hydrogen (secondary N) is 1. The van der Waals surface area contributed by atoms with Crippen LogP contribution >= 0.6 is 0 Å². The van der Waals surface area contributed by atoms with E-state index in [1.54, 1.807) is 0 Å². The van der Waals surface area contributed by atoms with E-state index >= 15 is 0 Å². The highest BCUT2D eigenvalue weighted by atomic mass is 16.5. The fourth-order valence-electron chi connectivity index (χ4n) is 2.11. The summed E-state index contributed by atoms with van der Waals surface area (Å²) in [6.45, 7) is 11.4. The van der Waals surface area contributed by atoms with E-state index in [1.807, 2.05) is 20.8 Å². The van der Waals surface area contributed by atoms with Crippen molar-refractivity contribution in [1.82, 2.24) is 5.32 Å². The highest BCUT2D eigenvalue weighted by Crippen LogP contribution is 2.13. The molecule has 0 saturated carbocycles. The van der Waals surface area contributed by atoms with Gasteiger partial charge in [-0.15, -0.1) is 0 Å². The molecule has 0 aliphatic heterocycles. The molecule has 0 aliphatic rings. The zero-order valence-electron chi connectivity index (χ0n) is 14.0. The lowest BCUT2D eigenvalue weighted by Gasteiger charge is -2.29. The van der Waals surface area contributed by atoms with Gasteiger partial charge in [-0.1, -0.05) is 39.5 Å². The summed E-state index contributed by atoms with van der Waals surface area (Å²) in [4.78, 5) is 12.0. The fourth-order valence-corrected chi connectivity index (χ4v) is 2.11. The molecule has 0 aromatic rings. The minimum atomic E-state index is -0.748. The van der Waals surface area contributed by atoms with Crippen LogP contribution in [0.1, 0.15) is 66.7 Å². The molecule has 0 spiro atoms. The maximum absolute atomic E-state index is 12.0. The van der Waals surface area contributed by atoms with Gasteiger partial charge in [0.2, 0.25) is 0 Å². The lowest BCUT2D eigenvalue weighted by Crippen LogP contribution is -2.54. The van der Waals surface area contributed by atoms with Crippen LogP contribution in [0.5, 0.6) is 0 Å². The first-order valence-corrected chi connectivity index (χ1v) is 8.04. The highest BCUT2D eigenvalue weighted by molar-refractivity contribution is 5.80. The minimum Gasteiger partial charge on any atom is -0.465 e. The maximum atomic E-state index is 12.0. The second kappa shape index (κ2) is 11.1. The Labute approximate surface area is 124 Å². The molecule has 0 amide bonds. The first kappa shape index (κ1) is 19.4. The molecule has 1 N–H and O–H groups in total. The molecular weight excluding hydrogens is 254 g/mol. The molecule has 0 rings (SSSR count). The standard InChI is InChI=1S/C16H33NO3/c1-6-9-10-11-12-14(4)20-13-16(5,17-7-2)15(18)19-8-3/h14,17H,6-13H2,1-5H3. The van der Waals surface area contributed by atoms with E-state index in [-0.39, 0.29) is 12.1 Å². The van der Waals surface area contributed by atoms with Crippen LogP contribution in [-0.2, 0) is 14.3 Å². The van der Waals surface area contributed by atoms with Crippen LogP contribution < -0.4 is 5.32 Å². The van der Waals surface area contributed by atoms with Crippen LogP contribution in [0.2, 0.25) is 0 Å². The van der Waals surface area contributed by atoms with Crippen LogP contribution in [0.3, 0.4) is 0 Å². The molecule has 20 heavy (non-hydrogen) atoms. The Morgan fingerprint density at radius 1 is 1.20 bits per heavy atom. The van der Waals surface area contributed by atoms with Crippen LogP contribution in [0, 0.1) is 0 Å². The minimum absolute atomic E-state index is 0.180. The van der Waals surface area contributed by atoms with E-state index in [1.165, 1.54) is 25.7 Å². The van der Waals surface area contributed by atoms with Gasteiger partial charge in [0.25, 0.3) is 0 Å². The van der Waals surface area contributed by atoms with E-state index in [4.69, 9.17) is 9.47 Å². The molecule has 0 aromatic carbocycles. The molecule has 120 valence electrons. The van der Waals surface area contributed by atoms with Crippen molar-refractivity contribution in [2.45, 2.75) is 78.4 Å². The molecular formula is C16H33NO3. The first-order valence-electron chi connectivity index (χ1n) is 8.04. The zero-order valence-corrected chi connectivity index (χ0v) is 14.0. The van der Waals surface area contributed by atoms with Gasteiger partial charge in [-0.05, 0) is 33.7 Å². The molecule has 2 atom stereocenters. The van der Waals surface area contributed by atoms with Crippen molar-refractivity contribution >= 4 is 5.97 Å². The van der Waals surface area contributed by atoms with Gasteiger partial charge in [-0.3, -0.25) is 0 Å². The summed E-state index contributed by atoms with van der Waals surface area (Å²) in [6, 6.07) is 0. The smallest absolute Gasteiger partial charge is 0.328 e. The summed E-state index contributed by atoms with van der Waals surface area (Å²) >= 11 is 0. The maximum Gasteiger partial charge on any atom is 0.328 e. The lowest BCUT2D eigenvalue weighted by molar-refractivity contribution is -0.154. The Hall–Kier alpha value is -0.610. The molecule has 0 heterocycles. The van der Waals surface area contributed by atoms with Gasteiger partial charge in [-0.2, -0.15) is 0 Å². The van der Waals surface area contributed by atoms with E-state index < -0.39 is 5.54 Å². The Bertz CT molecular complexity index is 258. The predicted octanol–water partition coefficient (Wildman–Crippen LogP) is 3.29. The highest BCUT2D eigenvalue weighted by Gasteiger charge is 2.34. The van der Waals surface area contributed by atoms with E-state index in [0.29, 0.717) is 19.8 Å². The number of likely N-dealkylation sites (N-methyl/N-ethyl adjacent to an activating group) is 1. The fraction of sp³-hybridized carbons (Fsp3) is 0.938. The van der Waals surface area contributed by atoms with Gasteiger partial charge in [0.15, 0.2) is 0 Å². The third-order valence-corrected chi connectivity index (χ3v) is 3.41. The summed E-state index contributed by atoms with van der Waals surface area (Å²) in [7, 11) is 0.